The summed E-state index contributed by atoms with van der Waals surface area (Å²) in [6.07, 6.45) is 8.54. The standard InChI is InChI=1S/C7H12/c1-7-5-3-2-4-6-7/h7H,3-6H2,1H3. The van der Waals surface area contributed by atoms with Crippen LogP contribution in [0.3, 0.4) is 0 Å². The highest BCUT2D eigenvalue weighted by atomic mass is 14.1. The summed E-state index contributed by atoms with van der Waals surface area (Å²) in [6, 6.07) is 0. The third-order valence-electron chi connectivity index (χ3n) is 1.63. The Hall–Kier alpha value is 0. The van der Waals surface area contributed by atoms with Gasteiger partial charge in [-0.1, -0.05) is 19.8 Å². The van der Waals surface area contributed by atoms with Gasteiger partial charge in [0.25, 0.3) is 0 Å². The quantitative estimate of drug-likeness (QED) is 0.434. The normalized spacial score (nSPS) is 25.3. The van der Waals surface area contributed by atoms with Crippen molar-refractivity contribution in [3.8, 4) is 0 Å². The Balaban J connectivity index is 2.12. The van der Waals surface area contributed by atoms with E-state index in [9.17, 15) is 0 Å². The second kappa shape index (κ2) is 2.34. The smallest absolute Gasteiger partial charge is 0.0173 e. The average Bonchev–Trinajstić information content (AvgIpc) is 1.69. The highest BCUT2D eigenvalue weighted by molar-refractivity contribution is 4.73. The number of rotatable bonds is 0. The molecule has 0 bridgehead atoms. The summed E-state index contributed by atoms with van der Waals surface area (Å²) in [5.41, 5.74) is 0. The lowest BCUT2D eigenvalue weighted by molar-refractivity contribution is 0.440. The maximum atomic E-state index is 3.32. The molecule has 0 aromatic carbocycles. The van der Waals surface area contributed by atoms with Gasteiger partial charge in [0.05, 0.1) is 0 Å². The van der Waals surface area contributed by atoms with Crippen molar-refractivity contribution in [2.24, 2.45) is 5.92 Å². The Morgan fingerprint density at radius 2 is 1.86 bits per heavy atom. The van der Waals surface area contributed by atoms with Crippen LogP contribution in [0.25, 0.3) is 0 Å². The minimum Gasteiger partial charge on any atom is -0.0625 e. The van der Waals surface area contributed by atoms with Crippen molar-refractivity contribution < 1.29 is 0 Å². The van der Waals surface area contributed by atoms with Gasteiger partial charge in [0.2, 0.25) is 0 Å². The molecule has 0 atom stereocenters. The van der Waals surface area contributed by atoms with Crippen LogP contribution >= 0.6 is 0 Å². The second-order valence-electron chi connectivity index (χ2n) is 2.43. The van der Waals surface area contributed by atoms with Crippen molar-refractivity contribution in [2.45, 2.75) is 32.6 Å². The predicted octanol–water partition coefficient (Wildman–Crippen LogP) is 2.28. The Morgan fingerprint density at radius 1 is 1.29 bits per heavy atom. The van der Waals surface area contributed by atoms with Gasteiger partial charge in [-0.3, -0.25) is 0 Å². The lowest BCUT2D eigenvalue weighted by atomic mass is 9.91. The molecular formula is C7H12. The SMILES string of the molecule is CC1CC[C]CC1. The molecule has 0 nitrogen and oxygen atoms in total. The first kappa shape index (κ1) is 5.14. The fourth-order valence-corrected chi connectivity index (χ4v) is 0.966. The molecule has 0 aromatic rings. The van der Waals surface area contributed by atoms with E-state index in [1.165, 1.54) is 25.7 Å². The zero-order valence-electron chi connectivity index (χ0n) is 4.91. The van der Waals surface area contributed by atoms with Crippen LogP contribution in [0.5, 0.6) is 0 Å². The van der Waals surface area contributed by atoms with E-state index < -0.39 is 0 Å². The molecule has 0 heteroatoms. The molecule has 0 aromatic heterocycles. The lowest BCUT2D eigenvalue weighted by Crippen LogP contribution is -2.00. The van der Waals surface area contributed by atoms with Crippen molar-refractivity contribution in [1.82, 2.24) is 0 Å². The fraction of sp³-hybridized carbons (Fsp3) is 0.857. The third-order valence-corrected chi connectivity index (χ3v) is 1.63. The molecule has 1 aliphatic rings. The first-order chi connectivity index (χ1) is 3.39. The Labute approximate surface area is 45.9 Å². The summed E-state index contributed by atoms with van der Waals surface area (Å²) in [5, 5.41) is 0. The van der Waals surface area contributed by atoms with E-state index in [0.29, 0.717) is 0 Å². The Morgan fingerprint density at radius 3 is 2.14 bits per heavy atom. The minimum atomic E-state index is 0.973. The van der Waals surface area contributed by atoms with Gasteiger partial charge in [0.1, 0.15) is 0 Å². The van der Waals surface area contributed by atoms with Gasteiger partial charge in [-0.15, -0.1) is 0 Å². The van der Waals surface area contributed by atoms with Crippen LogP contribution < -0.4 is 0 Å². The third kappa shape index (κ3) is 1.50. The maximum absolute atomic E-state index is 3.32. The summed E-state index contributed by atoms with van der Waals surface area (Å²) in [7, 11) is 0. The molecule has 0 spiro atoms. The summed E-state index contributed by atoms with van der Waals surface area (Å²) in [6.45, 7) is 2.32. The van der Waals surface area contributed by atoms with Crippen LogP contribution in [0.15, 0.2) is 0 Å². The molecular weight excluding hydrogens is 84.1 g/mol. The molecule has 0 unspecified atom stereocenters. The molecule has 0 aliphatic heterocycles. The molecule has 1 fully saturated rings. The molecule has 0 saturated heterocycles. The molecule has 1 rings (SSSR count). The number of hydrogen-bond acceptors (Lipinski definition) is 0. The molecule has 0 amide bonds. The zero-order valence-corrected chi connectivity index (χ0v) is 4.91. The van der Waals surface area contributed by atoms with Crippen LogP contribution in [0, 0.1) is 12.3 Å². The van der Waals surface area contributed by atoms with Gasteiger partial charge in [-0.05, 0) is 25.2 Å². The Kier molecular flexibility index (Phi) is 1.72. The largest absolute Gasteiger partial charge is 0.0625 e. The van der Waals surface area contributed by atoms with E-state index in [0.717, 1.165) is 5.92 Å². The highest BCUT2D eigenvalue weighted by Crippen LogP contribution is 2.21. The first-order valence-corrected chi connectivity index (χ1v) is 3.10. The van der Waals surface area contributed by atoms with E-state index in [1.807, 2.05) is 0 Å². The predicted molar refractivity (Wildman–Crippen MR) is 30.9 cm³/mol. The average molecular weight is 96.2 g/mol. The van der Waals surface area contributed by atoms with Crippen molar-refractivity contribution in [2.75, 3.05) is 0 Å². The van der Waals surface area contributed by atoms with Crippen molar-refractivity contribution >= 4 is 0 Å². The maximum Gasteiger partial charge on any atom is -0.0173 e. The summed E-state index contributed by atoms with van der Waals surface area (Å²) >= 11 is 0. The van der Waals surface area contributed by atoms with Crippen LogP contribution in [0.4, 0.5) is 0 Å². The van der Waals surface area contributed by atoms with Crippen LogP contribution in [0.2, 0.25) is 0 Å². The molecule has 1 aliphatic carbocycles. The van der Waals surface area contributed by atoms with Gasteiger partial charge in [-0.25, -0.2) is 0 Å². The van der Waals surface area contributed by atoms with Gasteiger partial charge in [0, 0.05) is 0 Å². The molecule has 2 radical (unpaired) electrons. The van der Waals surface area contributed by atoms with Gasteiger partial charge >= 0.3 is 0 Å². The molecule has 0 heterocycles. The van der Waals surface area contributed by atoms with E-state index in [4.69, 9.17) is 0 Å². The lowest BCUT2D eigenvalue weighted by Gasteiger charge is -2.14. The minimum absolute atomic E-state index is 0.973. The monoisotopic (exact) mass is 96.1 g/mol. The van der Waals surface area contributed by atoms with Crippen molar-refractivity contribution in [3.63, 3.8) is 0 Å². The molecule has 40 valence electrons. The Bertz CT molecular complexity index is 42.0. The molecule has 7 heavy (non-hydrogen) atoms. The van der Waals surface area contributed by atoms with Gasteiger partial charge in [-0.2, -0.15) is 0 Å². The van der Waals surface area contributed by atoms with E-state index in [-0.39, 0.29) is 0 Å². The van der Waals surface area contributed by atoms with E-state index in [1.54, 1.807) is 0 Å². The highest BCUT2D eigenvalue weighted by Gasteiger charge is 2.06. The van der Waals surface area contributed by atoms with Crippen LogP contribution in [-0.2, 0) is 0 Å². The van der Waals surface area contributed by atoms with Gasteiger partial charge < -0.3 is 0 Å². The zero-order chi connectivity index (χ0) is 5.11. The van der Waals surface area contributed by atoms with Crippen molar-refractivity contribution in [1.29, 1.82) is 0 Å². The molecule has 1 saturated carbocycles. The second-order valence-corrected chi connectivity index (χ2v) is 2.43. The van der Waals surface area contributed by atoms with E-state index in [2.05, 4.69) is 13.3 Å². The van der Waals surface area contributed by atoms with Crippen molar-refractivity contribution in [3.05, 3.63) is 6.42 Å². The van der Waals surface area contributed by atoms with E-state index >= 15 is 0 Å². The summed E-state index contributed by atoms with van der Waals surface area (Å²) < 4.78 is 0. The number of hydrogen-bond donors (Lipinski definition) is 0. The molecule has 0 N–H and O–H groups in total. The fourth-order valence-electron chi connectivity index (χ4n) is 0.966. The topological polar surface area (TPSA) is 0 Å². The first-order valence-electron chi connectivity index (χ1n) is 3.10. The summed E-state index contributed by atoms with van der Waals surface area (Å²) in [5.74, 6) is 0.973. The van der Waals surface area contributed by atoms with Gasteiger partial charge in [0.15, 0.2) is 0 Å². The van der Waals surface area contributed by atoms with Crippen LogP contribution in [0.1, 0.15) is 32.6 Å². The van der Waals surface area contributed by atoms with Crippen LogP contribution in [-0.4, -0.2) is 0 Å². The summed E-state index contributed by atoms with van der Waals surface area (Å²) in [4.78, 5) is 0.